The number of benzene rings is 2. The molecule has 8 nitrogen and oxygen atoms in total. The highest BCUT2D eigenvalue weighted by Gasteiger charge is 2.27. The number of nitrogens with two attached hydrogens (primary N) is 1. The zero-order valence-electron chi connectivity index (χ0n) is 15.8. The molecule has 0 aliphatic carbocycles. The van der Waals surface area contributed by atoms with Gasteiger partial charge in [0.05, 0.1) is 5.69 Å². The van der Waals surface area contributed by atoms with Crippen molar-refractivity contribution in [1.29, 1.82) is 0 Å². The van der Waals surface area contributed by atoms with Crippen LogP contribution in [-0.4, -0.2) is 40.5 Å². The molecule has 148 valence electrons. The van der Waals surface area contributed by atoms with Gasteiger partial charge in [0.2, 0.25) is 5.78 Å². The third-order valence-electron chi connectivity index (χ3n) is 4.35. The van der Waals surface area contributed by atoms with Crippen LogP contribution < -0.4 is 16.4 Å². The Hall–Kier alpha value is -3.94. The fraction of sp³-hybridized carbons (Fsp3) is 0.143. The van der Waals surface area contributed by atoms with E-state index in [0.717, 1.165) is 5.56 Å². The largest absolute Gasteiger partial charge is 0.372 e. The molecule has 1 aromatic heterocycles. The lowest BCUT2D eigenvalue weighted by molar-refractivity contribution is -0.137. The summed E-state index contributed by atoms with van der Waals surface area (Å²) in [6.07, 6.45) is 0.146. The maximum Gasteiger partial charge on any atom is 0.287 e. The number of carbonyl (C=O) groups excluding carboxylic acids is 3. The molecule has 8 heteroatoms. The summed E-state index contributed by atoms with van der Waals surface area (Å²) in [4.78, 5) is 36.8. The molecule has 0 aliphatic heterocycles. The van der Waals surface area contributed by atoms with Crippen molar-refractivity contribution in [3.8, 4) is 5.69 Å². The first-order valence-corrected chi connectivity index (χ1v) is 9.01. The van der Waals surface area contributed by atoms with Crippen LogP contribution in [0.15, 0.2) is 66.7 Å². The molecule has 1 heterocycles. The third kappa shape index (κ3) is 4.67. The number of nitrogens with zero attached hydrogens (tertiary/aromatic N) is 2. The second-order valence-electron chi connectivity index (χ2n) is 6.36. The standard InChI is InChI=1S/C21H21N5O3/c1-23-18-13-17(26(25-18)15-10-6-3-7-11-15)21(29)24-16(19(27)20(22)28)12-14-8-4-2-5-9-14/h2-11,13,16H,12H2,1H3,(H2,22,28)(H,23,25)(H,24,29). The van der Waals surface area contributed by atoms with Crippen LogP contribution in [0.2, 0.25) is 0 Å². The first kappa shape index (κ1) is 19.8. The van der Waals surface area contributed by atoms with Crippen molar-refractivity contribution in [1.82, 2.24) is 15.1 Å². The van der Waals surface area contributed by atoms with Crippen molar-refractivity contribution in [3.05, 3.63) is 78.0 Å². The smallest absolute Gasteiger partial charge is 0.287 e. The normalized spacial score (nSPS) is 11.5. The molecule has 0 aliphatic rings. The van der Waals surface area contributed by atoms with E-state index in [1.165, 1.54) is 4.68 Å². The minimum atomic E-state index is -1.10. The van der Waals surface area contributed by atoms with Crippen LogP contribution in [0.1, 0.15) is 16.1 Å². The molecule has 0 saturated heterocycles. The SMILES string of the molecule is CNc1cc(C(=O)NC(Cc2ccccc2)C(=O)C(N)=O)n(-c2ccccc2)n1. The molecule has 0 saturated carbocycles. The minimum absolute atomic E-state index is 0.146. The molecule has 0 spiro atoms. The van der Waals surface area contributed by atoms with E-state index in [2.05, 4.69) is 15.7 Å². The Morgan fingerprint density at radius 1 is 1.03 bits per heavy atom. The molecule has 1 unspecified atom stereocenters. The highest BCUT2D eigenvalue weighted by molar-refractivity contribution is 6.38. The predicted octanol–water partition coefficient (Wildman–Crippen LogP) is 1.31. The Bertz CT molecular complexity index is 1020. The monoisotopic (exact) mass is 391 g/mol. The lowest BCUT2D eigenvalue weighted by Gasteiger charge is -2.17. The van der Waals surface area contributed by atoms with Crippen molar-refractivity contribution < 1.29 is 14.4 Å². The summed E-state index contributed by atoms with van der Waals surface area (Å²) in [6.45, 7) is 0. The number of primary amides is 1. The number of ketones is 1. The Labute approximate surface area is 167 Å². The van der Waals surface area contributed by atoms with Crippen molar-refractivity contribution in [2.45, 2.75) is 12.5 Å². The van der Waals surface area contributed by atoms with E-state index in [9.17, 15) is 14.4 Å². The van der Waals surface area contributed by atoms with Gasteiger partial charge in [0.15, 0.2) is 0 Å². The molecule has 3 rings (SSSR count). The number of nitrogens with one attached hydrogen (secondary N) is 2. The average molecular weight is 391 g/mol. The summed E-state index contributed by atoms with van der Waals surface area (Å²) in [5.41, 5.74) is 6.87. The zero-order valence-corrected chi connectivity index (χ0v) is 15.8. The van der Waals surface area contributed by atoms with Crippen LogP contribution in [-0.2, 0) is 16.0 Å². The van der Waals surface area contributed by atoms with Gasteiger partial charge in [-0.15, -0.1) is 5.10 Å². The highest BCUT2D eigenvalue weighted by atomic mass is 16.2. The number of carbonyl (C=O) groups is 3. The molecule has 4 N–H and O–H groups in total. The molecule has 1 atom stereocenters. The molecule has 2 amide bonds. The van der Waals surface area contributed by atoms with Gasteiger partial charge >= 0.3 is 0 Å². The van der Waals surface area contributed by atoms with Gasteiger partial charge in [-0.3, -0.25) is 14.4 Å². The Morgan fingerprint density at radius 3 is 2.24 bits per heavy atom. The summed E-state index contributed by atoms with van der Waals surface area (Å²) in [6, 6.07) is 18.7. The van der Waals surface area contributed by atoms with Gasteiger partial charge < -0.3 is 16.4 Å². The average Bonchev–Trinajstić information content (AvgIpc) is 3.19. The second-order valence-corrected chi connectivity index (χ2v) is 6.36. The number of hydrogen-bond donors (Lipinski definition) is 3. The summed E-state index contributed by atoms with van der Waals surface area (Å²) >= 11 is 0. The quantitative estimate of drug-likeness (QED) is 0.500. The third-order valence-corrected chi connectivity index (χ3v) is 4.35. The number of para-hydroxylation sites is 1. The highest BCUT2D eigenvalue weighted by Crippen LogP contribution is 2.16. The van der Waals surface area contributed by atoms with Crippen LogP contribution >= 0.6 is 0 Å². The Morgan fingerprint density at radius 2 is 1.66 bits per heavy atom. The minimum Gasteiger partial charge on any atom is -0.372 e. The molecule has 0 fully saturated rings. The van der Waals surface area contributed by atoms with E-state index in [4.69, 9.17) is 5.73 Å². The van der Waals surface area contributed by atoms with E-state index in [-0.39, 0.29) is 12.1 Å². The van der Waals surface area contributed by atoms with Gasteiger partial charge in [0, 0.05) is 19.5 Å². The van der Waals surface area contributed by atoms with Crippen LogP contribution in [0, 0.1) is 0 Å². The maximum absolute atomic E-state index is 13.0. The van der Waals surface area contributed by atoms with Gasteiger partial charge in [-0.05, 0) is 17.7 Å². The first-order valence-electron chi connectivity index (χ1n) is 9.01. The van der Waals surface area contributed by atoms with E-state index in [1.807, 2.05) is 36.4 Å². The Kier molecular flexibility index (Phi) is 6.03. The fourth-order valence-electron chi connectivity index (χ4n) is 2.89. The van der Waals surface area contributed by atoms with Crippen LogP contribution in [0.25, 0.3) is 5.69 Å². The molecule has 3 aromatic rings. The van der Waals surface area contributed by atoms with Gasteiger partial charge in [0.1, 0.15) is 17.6 Å². The number of anilines is 1. The van der Waals surface area contributed by atoms with Crippen molar-refractivity contribution >= 4 is 23.4 Å². The molecular weight excluding hydrogens is 370 g/mol. The number of aromatic nitrogens is 2. The molecular formula is C21H21N5O3. The van der Waals surface area contributed by atoms with Crippen LogP contribution in [0.3, 0.4) is 0 Å². The summed E-state index contributed by atoms with van der Waals surface area (Å²) in [5.74, 6) is -2.02. The Balaban J connectivity index is 1.90. The van der Waals surface area contributed by atoms with E-state index in [0.29, 0.717) is 11.5 Å². The topological polar surface area (TPSA) is 119 Å². The summed E-state index contributed by atoms with van der Waals surface area (Å²) < 4.78 is 1.47. The summed E-state index contributed by atoms with van der Waals surface area (Å²) in [7, 11) is 1.69. The van der Waals surface area contributed by atoms with Gasteiger partial charge in [-0.25, -0.2) is 4.68 Å². The van der Waals surface area contributed by atoms with Crippen LogP contribution in [0.5, 0.6) is 0 Å². The first-order chi connectivity index (χ1) is 14.0. The van der Waals surface area contributed by atoms with Gasteiger partial charge in [-0.2, -0.15) is 0 Å². The zero-order chi connectivity index (χ0) is 20.8. The fourth-order valence-corrected chi connectivity index (χ4v) is 2.89. The van der Waals surface area contributed by atoms with E-state index >= 15 is 0 Å². The van der Waals surface area contributed by atoms with E-state index < -0.39 is 23.6 Å². The number of amides is 2. The summed E-state index contributed by atoms with van der Waals surface area (Å²) in [5, 5.41) is 9.89. The lowest BCUT2D eigenvalue weighted by atomic mass is 10.0. The molecule has 0 radical (unpaired) electrons. The second kappa shape index (κ2) is 8.83. The number of rotatable bonds is 8. The number of hydrogen-bond acceptors (Lipinski definition) is 5. The maximum atomic E-state index is 13.0. The van der Waals surface area contributed by atoms with E-state index in [1.54, 1.807) is 37.4 Å². The molecule has 0 bridgehead atoms. The molecule has 29 heavy (non-hydrogen) atoms. The number of Topliss-reactive ketones (excluding diaryl/α,β-unsaturated/α-hetero) is 1. The van der Waals surface area contributed by atoms with Crippen LogP contribution in [0.4, 0.5) is 5.82 Å². The van der Waals surface area contributed by atoms with Gasteiger partial charge in [0.25, 0.3) is 11.8 Å². The molecule has 2 aromatic carbocycles. The lowest BCUT2D eigenvalue weighted by Crippen LogP contribution is -2.47. The van der Waals surface area contributed by atoms with Gasteiger partial charge in [-0.1, -0.05) is 48.5 Å². The van der Waals surface area contributed by atoms with Crippen molar-refractivity contribution in [2.75, 3.05) is 12.4 Å². The van der Waals surface area contributed by atoms with Crippen molar-refractivity contribution in [3.63, 3.8) is 0 Å². The predicted molar refractivity (Wildman–Crippen MR) is 109 cm³/mol. The van der Waals surface area contributed by atoms with Crippen molar-refractivity contribution in [2.24, 2.45) is 5.73 Å².